The second-order valence-corrected chi connectivity index (χ2v) is 5.87. The second kappa shape index (κ2) is 3.85. The monoisotopic (exact) mass is 264 g/mol. The van der Waals surface area contributed by atoms with Crippen molar-refractivity contribution >= 4 is 23.2 Å². The van der Waals surface area contributed by atoms with E-state index in [2.05, 4.69) is 13.8 Å². The van der Waals surface area contributed by atoms with Gasteiger partial charge in [0, 0.05) is 5.02 Å². The highest BCUT2D eigenvalue weighted by Crippen LogP contribution is 2.60. The third-order valence-corrected chi connectivity index (χ3v) is 4.15. The Bertz CT molecular complexity index is 429. The molecule has 0 aliphatic heterocycles. The van der Waals surface area contributed by atoms with E-state index in [0.717, 1.165) is 18.6 Å². The van der Waals surface area contributed by atoms with Gasteiger partial charge in [0.1, 0.15) is 0 Å². The van der Waals surface area contributed by atoms with Gasteiger partial charge in [0.05, 0.1) is 5.38 Å². The molecule has 2 rings (SSSR count). The van der Waals surface area contributed by atoms with Crippen LogP contribution < -0.4 is 0 Å². The summed E-state index contributed by atoms with van der Waals surface area (Å²) in [6.07, 6.45) is 0.983. The van der Waals surface area contributed by atoms with E-state index in [1.165, 1.54) is 0 Å². The summed E-state index contributed by atoms with van der Waals surface area (Å²) >= 11 is 12.1. The van der Waals surface area contributed by atoms with Crippen LogP contribution in [0.3, 0.4) is 0 Å². The first-order chi connectivity index (χ1) is 7.33. The van der Waals surface area contributed by atoms with Gasteiger partial charge in [-0.25, -0.2) is 8.78 Å². The summed E-state index contributed by atoms with van der Waals surface area (Å²) in [4.78, 5) is 0. The maximum absolute atomic E-state index is 13.1. The summed E-state index contributed by atoms with van der Waals surface area (Å²) < 4.78 is 26.0. The lowest BCUT2D eigenvalue weighted by Gasteiger charge is -2.13. The molecular formula is C12H12Cl2F2. The van der Waals surface area contributed by atoms with Crippen molar-refractivity contribution in [2.24, 2.45) is 11.3 Å². The Morgan fingerprint density at radius 2 is 1.81 bits per heavy atom. The highest BCUT2D eigenvalue weighted by Gasteiger charge is 2.50. The third-order valence-electron chi connectivity index (χ3n) is 3.28. The van der Waals surface area contributed by atoms with Gasteiger partial charge >= 0.3 is 0 Å². The van der Waals surface area contributed by atoms with Gasteiger partial charge in [0.15, 0.2) is 11.6 Å². The molecule has 16 heavy (non-hydrogen) atoms. The molecule has 0 aromatic heterocycles. The van der Waals surface area contributed by atoms with Crippen LogP contribution in [0.5, 0.6) is 0 Å². The Morgan fingerprint density at radius 1 is 1.31 bits per heavy atom. The SMILES string of the molecule is CC1(C)CC1C(Cl)c1cc(F)c(F)cc1Cl. The quantitative estimate of drug-likeness (QED) is 0.524. The number of halogens is 4. The predicted octanol–water partition coefficient (Wildman–Crippen LogP) is 4.94. The van der Waals surface area contributed by atoms with E-state index in [9.17, 15) is 8.78 Å². The minimum Gasteiger partial charge on any atom is -0.204 e. The Morgan fingerprint density at radius 3 is 2.31 bits per heavy atom. The Balaban J connectivity index is 2.31. The average molecular weight is 265 g/mol. The van der Waals surface area contributed by atoms with Gasteiger partial charge in [-0.2, -0.15) is 0 Å². The van der Waals surface area contributed by atoms with Crippen LogP contribution in [0.15, 0.2) is 12.1 Å². The van der Waals surface area contributed by atoms with E-state index in [-0.39, 0.29) is 21.7 Å². The van der Waals surface area contributed by atoms with Crippen LogP contribution in [-0.4, -0.2) is 0 Å². The molecule has 1 aliphatic rings. The lowest BCUT2D eigenvalue weighted by atomic mass is 10.0. The molecule has 0 saturated heterocycles. The highest BCUT2D eigenvalue weighted by molar-refractivity contribution is 6.32. The standard InChI is InChI=1S/C12H12Cl2F2/c1-12(2)5-7(12)11(14)6-3-9(15)10(16)4-8(6)13/h3-4,7,11H,5H2,1-2H3. The summed E-state index contributed by atoms with van der Waals surface area (Å²) in [7, 11) is 0. The molecule has 0 spiro atoms. The first-order valence-corrected chi connectivity index (χ1v) is 5.93. The van der Waals surface area contributed by atoms with Crippen LogP contribution in [0.2, 0.25) is 5.02 Å². The summed E-state index contributed by atoms with van der Waals surface area (Å²) in [6.45, 7) is 4.20. The van der Waals surface area contributed by atoms with Crippen molar-refractivity contribution in [3.8, 4) is 0 Å². The summed E-state index contributed by atoms with van der Waals surface area (Å²) in [5, 5.41) is -0.154. The maximum atomic E-state index is 13.1. The van der Waals surface area contributed by atoms with Gasteiger partial charge in [-0.05, 0) is 35.4 Å². The molecular weight excluding hydrogens is 253 g/mol. The fourth-order valence-electron chi connectivity index (χ4n) is 1.97. The number of hydrogen-bond acceptors (Lipinski definition) is 0. The summed E-state index contributed by atoms with van der Waals surface area (Å²) in [5.74, 6) is -1.56. The van der Waals surface area contributed by atoms with E-state index in [1.54, 1.807) is 0 Å². The van der Waals surface area contributed by atoms with E-state index in [1.807, 2.05) is 0 Å². The molecule has 0 N–H and O–H groups in total. The van der Waals surface area contributed by atoms with Crippen molar-refractivity contribution in [1.82, 2.24) is 0 Å². The largest absolute Gasteiger partial charge is 0.204 e. The van der Waals surface area contributed by atoms with Crippen LogP contribution in [0, 0.1) is 23.0 Å². The van der Waals surface area contributed by atoms with Crippen LogP contribution in [0.25, 0.3) is 0 Å². The number of rotatable bonds is 2. The molecule has 0 nitrogen and oxygen atoms in total. The molecule has 0 amide bonds. The van der Waals surface area contributed by atoms with E-state index < -0.39 is 11.6 Å². The molecule has 0 radical (unpaired) electrons. The van der Waals surface area contributed by atoms with Gasteiger partial charge in [-0.15, -0.1) is 11.6 Å². The molecule has 2 unspecified atom stereocenters. The minimum absolute atomic E-state index is 0.167. The Hall–Kier alpha value is -0.340. The predicted molar refractivity (Wildman–Crippen MR) is 61.9 cm³/mol. The number of hydrogen-bond donors (Lipinski definition) is 0. The first-order valence-electron chi connectivity index (χ1n) is 5.11. The molecule has 1 aromatic carbocycles. The third kappa shape index (κ3) is 2.05. The second-order valence-electron chi connectivity index (χ2n) is 4.99. The fraction of sp³-hybridized carbons (Fsp3) is 0.500. The lowest BCUT2D eigenvalue weighted by Crippen LogP contribution is -2.01. The molecule has 4 heteroatoms. The van der Waals surface area contributed by atoms with Crippen molar-refractivity contribution in [2.45, 2.75) is 25.6 Å². The molecule has 1 aliphatic carbocycles. The van der Waals surface area contributed by atoms with Crippen LogP contribution in [-0.2, 0) is 0 Å². The zero-order valence-corrected chi connectivity index (χ0v) is 10.5. The number of alkyl halides is 1. The van der Waals surface area contributed by atoms with Gasteiger partial charge in [0.2, 0.25) is 0 Å². The minimum atomic E-state index is -0.937. The fourth-order valence-corrected chi connectivity index (χ4v) is 2.91. The van der Waals surface area contributed by atoms with E-state index in [4.69, 9.17) is 23.2 Å². The molecule has 2 atom stereocenters. The molecule has 88 valence electrons. The van der Waals surface area contributed by atoms with Crippen LogP contribution in [0.1, 0.15) is 31.2 Å². The van der Waals surface area contributed by atoms with Gasteiger partial charge in [-0.1, -0.05) is 25.4 Å². The van der Waals surface area contributed by atoms with Crippen LogP contribution in [0.4, 0.5) is 8.78 Å². The molecule has 1 saturated carbocycles. The Kier molecular flexibility index (Phi) is 2.92. The molecule has 1 aromatic rings. The summed E-state index contributed by atoms with van der Waals surface area (Å²) in [5.41, 5.74) is 0.651. The van der Waals surface area contributed by atoms with Gasteiger partial charge < -0.3 is 0 Å². The zero-order chi connectivity index (χ0) is 12.1. The van der Waals surface area contributed by atoms with Crippen molar-refractivity contribution in [1.29, 1.82) is 0 Å². The molecule has 0 heterocycles. The first kappa shape index (κ1) is 12.1. The smallest absolute Gasteiger partial charge is 0.160 e. The van der Waals surface area contributed by atoms with Gasteiger partial charge in [-0.3, -0.25) is 0 Å². The Labute approximate surface area is 104 Å². The van der Waals surface area contributed by atoms with Crippen molar-refractivity contribution < 1.29 is 8.78 Å². The maximum Gasteiger partial charge on any atom is 0.160 e. The molecule has 1 fully saturated rings. The average Bonchev–Trinajstić information content (AvgIpc) is 2.80. The normalized spacial score (nSPS) is 24.2. The van der Waals surface area contributed by atoms with Crippen molar-refractivity contribution in [3.63, 3.8) is 0 Å². The van der Waals surface area contributed by atoms with Crippen molar-refractivity contribution in [2.75, 3.05) is 0 Å². The van der Waals surface area contributed by atoms with Crippen molar-refractivity contribution in [3.05, 3.63) is 34.4 Å². The lowest BCUT2D eigenvalue weighted by molar-refractivity contribution is 0.503. The highest BCUT2D eigenvalue weighted by atomic mass is 35.5. The zero-order valence-electron chi connectivity index (χ0n) is 9.03. The topological polar surface area (TPSA) is 0 Å². The van der Waals surface area contributed by atoms with E-state index >= 15 is 0 Å². The molecule has 0 bridgehead atoms. The number of benzene rings is 1. The van der Waals surface area contributed by atoms with Gasteiger partial charge in [0.25, 0.3) is 0 Å². The van der Waals surface area contributed by atoms with Crippen LogP contribution >= 0.6 is 23.2 Å². The van der Waals surface area contributed by atoms with E-state index in [0.29, 0.717) is 5.56 Å². The summed E-state index contributed by atoms with van der Waals surface area (Å²) in [6, 6.07) is 2.08.